The van der Waals surface area contributed by atoms with E-state index in [1.807, 2.05) is 30.1 Å². The Balaban J connectivity index is 0.00000194. The van der Waals surface area contributed by atoms with Crippen molar-refractivity contribution in [2.45, 2.75) is 31.8 Å². The predicted octanol–water partition coefficient (Wildman–Crippen LogP) is 4.60. The minimum Gasteiger partial charge on any atom is -0.396 e. The normalized spacial score (nSPS) is 22.0. The third-order valence-corrected chi connectivity index (χ3v) is 8.81. The Hall–Kier alpha value is -2.49. The number of aryl methyl sites for hydroxylation is 1. The molecule has 1 aromatic heterocycles. The number of halogens is 3. The first-order valence-corrected chi connectivity index (χ1v) is 14.1. The molecule has 2 unspecified atom stereocenters. The third-order valence-electron chi connectivity index (χ3n) is 8.81. The van der Waals surface area contributed by atoms with Crippen LogP contribution < -0.4 is 0 Å². The zero-order chi connectivity index (χ0) is 26.9. The molecule has 1 aliphatic carbocycles. The zero-order valence-electron chi connectivity index (χ0n) is 23.3. The summed E-state index contributed by atoms with van der Waals surface area (Å²) in [6.07, 6.45) is 5.83. The summed E-state index contributed by atoms with van der Waals surface area (Å²) in [5.74, 6) is 1.48. The Morgan fingerprint density at radius 2 is 1.85 bits per heavy atom. The van der Waals surface area contributed by atoms with E-state index in [0.29, 0.717) is 55.4 Å². The molecule has 2 atom stereocenters. The van der Waals surface area contributed by atoms with E-state index in [9.17, 15) is 9.90 Å². The SMILES string of the molecule is Cl.Cl.Cn1cnc(C(=O)N(Cc2ccc(F)c(-c3cccc(CCN4CC5C(CO)C5C4)c3)c2)C2CCOCC2)c1. The minimum atomic E-state index is -0.265. The summed E-state index contributed by atoms with van der Waals surface area (Å²) in [5, 5.41) is 9.40. The van der Waals surface area contributed by atoms with Gasteiger partial charge >= 0.3 is 0 Å². The van der Waals surface area contributed by atoms with Crippen LogP contribution in [0.3, 0.4) is 0 Å². The molecule has 3 aliphatic rings. The molecule has 0 radical (unpaired) electrons. The molecule has 2 aliphatic heterocycles. The molecule has 0 spiro atoms. The van der Waals surface area contributed by atoms with Gasteiger partial charge in [-0.3, -0.25) is 4.79 Å². The summed E-state index contributed by atoms with van der Waals surface area (Å²) in [7, 11) is 1.85. The first-order chi connectivity index (χ1) is 19.0. The monoisotopic (exact) mass is 604 g/mol. The summed E-state index contributed by atoms with van der Waals surface area (Å²) in [6, 6.07) is 13.4. The Kier molecular flexibility index (Phi) is 10.5. The van der Waals surface area contributed by atoms with Gasteiger partial charge < -0.3 is 24.2 Å². The number of fused-ring (bicyclic) bond motifs is 1. The third kappa shape index (κ3) is 6.95. The van der Waals surface area contributed by atoms with E-state index in [2.05, 4.69) is 22.0 Å². The molecule has 1 saturated carbocycles. The number of nitrogens with zero attached hydrogens (tertiary/aromatic N) is 4. The summed E-state index contributed by atoms with van der Waals surface area (Å²) in [6.45, 7) is 5.09. The molecule has 0 bridgehead atoms. The molecule has 3 fully saturated rings. The van der Waals surface area contributed by atoms with Crippen molar-refractivity contribution in [3.05, 3.63) is 77.6 Å². The number of hydrogen-bond donors (Lipinski definition) is 1. The number of carbonyl (C=O) groups excluding carboxylic acids is 1. The molecule has 2 aromatic carbocycles. The Labute approximate surface area is 253 Å². The second kappa shape index (κ2) is 13.7. The number of likely N-dealkylation sites (tertiary alicyclic amines) is 1. The van der Waals surface area contributed by atoms with Crippen LogP contribution in [0.1, 0.15) is 34.5 Å². The highest BCUT2D eigenvalue weighted by molar-refractivity contribution is 5.92. The maximum atomic E-state index is 15.1. The molecule has 222 valence electrons. The van der Waals surface area contributed by atoms with Gasteiger partial charge in [0.05, 0.1) is 6.33 Å². The van der Waals surface area contributed by atoms with Gasteiger partial charge in [0, 0.05) is 70.8 Å². The fraction of sp³-hybridized carbons (Fsp3) is 0.484. The van der Waals surface area contributed by atoms with Crippen molar-refractivity contribution in [1.82, 2.24) is 19.4 Å². The number of ether oxygens (including phenoxy) is 1. The number of benzene rings is 2. The molecule has 2 saturated heterocycles. The first kappa shape index (κ1) is 31.4. The van der Waals surface area contributed by atoms with Crippen molar-refractivity contribution >= 4 is 30.7 Å². The van der Waals surface area contributed by atoms with Crippen LogP contribution >= 0.6 is 24.8 Å². The van der Waals surface area contributed by atoms with Gasteiger partial charge in [0.25, 0.3) is 5.91 Å². The van der Waals surface area contributed by atoms with Crippen LogP contribution in [0.2, 0.25) is 0 Å². The number of imidazole rings is 1. The number of aliphatic hydroxyl groups is 1. The van der Waals surface area contributed by atoms with Gasteiger partial charge in [-0.2, -0.15) is 0 Å². The van der Waals surface area contributed by atoms with Crippen LogP contribution in [0.15, 0.2) is 55.0 Å². The average Bonchev–Trinajstić information content (AvgIpc) is 3.24. The predicted molar refractivity (Wildman–Crippen MR) is 161 cm³/mol. The van der Waals surface area contributed by atoms with E-state index < -0.39 is 0 Å². The summed E-state index contributed by atoms with van der Waals surface area (Å²) < 4.78 is 22.4. The molecule has 6 rings (SSSR count). The lowest BCUT2D eigenvalue weighted by molar-refractivity contribution is 0.0264. The van der Waals surface area contributed by atoms with Crippen LogP contribution in [-0.2, 0) is 24.8 Å². The largest absolute Gasteiger partial charge is 0.396 e. The van der Waals surface area contributed by atoms with Crippen LogP contribution in [0.5, 0.6) is 0 Å². The first-order valence-electron chi connectivity index (χ1n) is 14.1. The number of carbonyl (C=O) groups is 1. The second-order valence-electron chi connectivity index (χ2n) is 11.4. The lowest BCUT2D eigenvalue weighted by Crippen LogP contribution is -2.43. The standard InChI is InChI=1S/C31H37FN4O3.2ClH/c1-34-18-30(33-20-34)31(38)36(24-8-11-39-12-9-24)15-22-5-6-29(32)25(14-22)23-4-2-3-21(13-23)7-10-35-16-26-27(17-35)28(26)19-37;;/h2-6,13-14,18,20,24,26-28,37H,7-12,15-17,19H2,1H3;2*1H. The number of amides is 1. The number of rotatable bonds is 9. The van der Waals surface area contributed by atoms with Crippen molar-refractivity contribution in [3.8, 4) is 11.1 Å². The Morgan fingerprint density at radius 3 is 2.54 bits per heavy atom. The van der Waals surface area contributed by atoms with Crippen LogP contribution in [0.25, 0.3) is 11.1 Å². The highest BCUT2D eigenvalue weighted by Crippen LogP contribution is 2.51. The zero-order valence-corrected chi connectivity index (χ0v) is 25.0. The number of hydrogen-bond acceptors (Lipinski definition) is 5. The maximum absolute atomic E-state index is 15.1. The Morgan fingerprint density at radius 1 is 1.10 bits per heavy atom. The fourth-order valence-corrected chi connectivity index (χ4v) is 6.49. The van der Waals surface area contributed by atoms with E-state index in [0.717, 1.165) is 50.0 Å². The lowest BCUT2D eigenvalue weighted by atomic mass is 9.98. The van der Waals surface area contributed by atoms with E-state index in [-0.39, 0.29) is 42.6 Å². The topological polar surface area (TPSA) is 70.8 Å². The quantitative estimate of drug-likeness (QED) is 0.386. The minimum absolute atomic E-state index is 0. The number of piperidine rings is 1. The van der Waals surface area contributed by atoms with E-state index in [1.54, 1.807) is 23.2 Å². The van der Waals surface area contributed by atoms with Crippen molar-refractivity contribution in [1.29, 1.82) is 0 Å². The van der Waals surface area contributed by atoms with Crippen LogP contribution in [0, 0.1) is 23.6 Å². The number of aromatic nitrogens is 2. The lowest BCUT2D eigenvalue weighted by Gasteiger charge is -2.34. The molecule has 3 heterocycles. The molecule has 1 amide bonds. The molecular weight excluding hydrogens is 566 g/mol. The van der Waals surface area contributed by atoms with Crippen molar-refractivity contribution < 1.29 is 19.0 Å². The highest BCUT2D eigenvalue weighted by atomic mass is 35.5. The molecule has 7 nitrogen and oxygen atoms in total. The second-order valence-corrected chi connectivity index (χ2v) is 11.4. The maximum Gasteiger partial charge on any atom is 0.274 e. The van der Waals surface area contributed by atoms with Gasteiger partial charge in [-0.1, -0.05) is 30.3 Å². The molecule has 10 heteroatoms. The molecule has 3 aromatic rings. The molecule has 1 N–H and O–H groups in total. The van der Waals surface area contributed by atoms with Gasteiger partial charge in [0.1, 0.15) is 11.5 Å². The van der Waals surface area contributed by atoms with Gasteiger partial charge in [-0.25, -0.2) is 9.37 Å². The average molecular weight is 606 g/mol. The van der Waals surface area contributed by atoms with Gasteiger partial charge in [-0.05, 0) is 65.8 Å². The molecular formula is C31H39Cl2FN4O3. The van der Waals surface area contributed by atoms with Crippen molar-refractivity contribution in [2.75, 3.05) is 39.5 Å². The van der Waals surface area contributed by atoms with Crippen LogP contribution in [-0.4, -0.2) is 75.9 Å². The Bertz CT molecular complexity index is 1320. The smallest absolute Gasteiger partial charge is 0.274 e. The van der Waals surface area contributed by atoms with Gasteiger partial charge in [-0.15, -0.1) is 24.8 Å². The van der Waals surface area contributed by atoms with Gasteiger partial charge in [0.2, 0.25) is 0 Å². The van der Waals surface area contributed by atoms with Gasteiger partial charge in [0.15, 0.2) is 0 Å². The fourth-order valence-electron chi connectivity index (χ4n) is 6.49. The van der Waals surface area contributed by atoms with Crippen molar-refractivity contribution in [2.24, 2.45) is 24.8 Å². The highest BCUT2D eigenvalue weighted by Gasteiger charge is 2.54. The van der Waals surface area contributed by atoms with Crippen molar-refractivity contribution in [3.63, 3.8) is 0 Å². The van der Waals surface area contributed by atoms with E-state index in [4.69, 9.17) is 4.74 Å². The summed E-state index contributed by atoms with van der Waals surface area (Å²) >= 11 is 0. The molecule has 41 heavy (non-hydrogen) atoms. The summed E-state index contributed by atoms with van der Waals surface area (Å²) in [4.78, 5) is 22.1. The summed E-state index contributed by atoms with van der Waals surface area (Å²) in [5.41, 5.74) is 3.90. The van der Waals surface area contributed by atoms with E-state index >= 15 is 4.39 Å². The number of aliphatic hydroxyl groups excluding tert-OH is 1. The van der Waals surface area contributed by atoms with Crippen LogP contribution in [0.4, 0.5) is 4.39 Å². The van der Waals surface area contributed by atoms with E-state index in [1.165, 1.54) is 11.6 Å².